The number of hydrogen-bond donors (Lipinski definition) is 2. The number of aromatic nitrogens is 2. The van der Waals surface area contributed by atoms with Crippen LogP contribution in [0.2, 0.25) is 10.0 Å². The predicted octanol–water partition coefficient (Wildman–Crippen LogP) is 3.54. The second kappa shape index (κ2) is 7.22. The fraction of sp³-hybridized carbons (Fsp3) is 0.474. The molecule has 0 radical (unpaired) electrons. The van der Waals surface area contributed by atoms with Crippen LogP contribution in [0.3, 0.4) is 0 Å². The summed E-state index contributed by atoms with van der Waals surface area (Å²) in [5, 5.41) is 12.3. The van der Waals surface area contributed by atoms with Crippen LogP contribution in [0, 0.1) is 0 Å². The van der Waals surface area contributed by atoms with Crippen molar-refractivity contribution < 1.29 is 4.79 Å². The van der Waals surface area contributed by atoms with Crippen molar-refractivity contribution in [2.45, 2.75) is 51.1 Å². The van der Waals surface area contributed by atoms with Gasteiger partial charge in [-0.25, -0.2) is 4.68 Å². The molecule has 5 nitrogen and oxygen atoms in total. The Morgan fingerprint density at radius 3 is 2.96 bits per heavy atom. The van der Waals surface area contributed by atoms with Crippen LogP contribution in [-0.2, 0) is 12.8 Å². The minimum atomic E-state index is -0.0777. The molecule has 4 rings (SSSR count). The quantitative estimate of drug-likeness (QED) is 0.839. The highest BCUT2D eigenvalue weighted by Crippen LogP contribution is 2.31. The molecule has 1 aromatic carbocycles. The number of halogens is 2. The van der Waals surface area contributed by atoms with Gasteiger partial charge in [-0.05, 0) is 63.8 Å². The molecule has 2 heterocycles. The van der Waals surface area contributed by atoms with Crippen molar-refractivity contribution in [3.63, 3.8) is 0 Å². The van der Waals surface area contributed by atoms with Crippen molar-refractivity contribution in [3.05, 3.63) is 45.2 Å². The second-order valence-corrected chi connectivity index (χ2v) is 8.03. The van der Waals surface area contributed by atoms with Gasteiger partial charge in [0.25, 0.3) is 5.91 Å². The average Bonchev–Trinajstić information content (AvgIpc) is 3.17. The zero-order valence-corrected chi connectivity index (χ0v) is 16.2. The number of amides is 1. The molecule has 1 aromatic heterocycles. The Bertz CT molecular complexity index is 848. The van der Waals surface area contributed by atoms with E-state index in [4.69, 9.17) is 23.2 Å². The predicted molar refractivity (Wildman–Crippen MR) is 104 cm³/mol. The minimum Gasteiger partial charge on any atom is -0.348 e. The summed E-state index contributed by atoms with van der Waals surface area (Å²) < 4.78 is 1.82. The van der Waals surface area contributed by atoms with E-state index >= 15 is 0 Å². The van der Waals surface area contributed by atoms with Crippen molar-refractivity contribution in [1.29, 1.82) is 0 Å². The number of piperidine rings is 1. The van der Waals surface area contributed by atoms with E-state index in [0.717, 1.165) is 55.6 Å². The highest BCUT2D eigenvalue weighted by molar-refractivity contribution is 6.35. The van der Waals surface area contributed by atoms with Gasteiger partial charge in [-0.3, -0.25) is 4.79 Å². The lowest BCUT2D eigenvalue weighted by molar-refractivity contribution is 0.0919. The van der Waals surface area contributed by atoms with Gasteiger partial charge in [0, 0.05) is 28.4 Å². The third-order valence-corrected chi connectivity index (χ3v) is 5.78. The first-order chi connectivity index (χ1) is 12.5. The number of rotatable bonds is 3. The summed E-state index contributed by atoms with van der Waals surface area (Å²) in [5.41, 5.74) is 3.44. The molecule has 2 aromatic rings. The van der Waals surface area contributed by atoms with Gasteiger partial charge in [-0.2, -0.15) is 5.10 Å². The fourth-order valence-corrected chi connectivity index (χ4v) is 4.48. The number of carbonyl (C=O) groups excluding carboxylic acids is 1. The third-order valence-electron chi connectivity index (χ3n) is 5.24. The monoisotopic (exact) mass is 392 g/mol. The summed E-state index contributed by atoms with van der Waals surface area (Å²) >= 11 is 12.4. The first kappa shape index (κ1) is 17.8. The lowest BCUT2D eigenvalue weighted by Gasteiger charge is -2.28. The molecule has 2 unspecified atom stereocenters. The SMILES string of the molecule is CC1CC(NC(=O)c2nn(-c3ccc(Cl)cc3Cl)c3c2CCC3)CCN1. The van der Waals surface area contributed by atoms with Crippen LogP contribution in [-0.4, -0.2) is 34.3 Å². The van der Waals surface area contributed by atoms with E-state index in [1.807, 2.05) is 10.7 Å². The Morgan fingerprint density at radius 2 is 2.19 bits per heavy atom. The first-order valence-electron chi connectivity index (χ1n) is 9.13. The molecule has 0 saturated carbocycles. The number of nitrogens with one attached hydrogen (secondary N) is 2. The summed E-state index contributed by atoms with van der Waals surface area (Å²) in [6.45, 7) is 3.08. The highest BCUT2D eigenvalue weighted by atomic mass is 35.5. The van der Waals surface area contributed by atoms with Crippen molar-refractivity contribution >= 4 is 29.1 Å². The van der Waals surface area contributed by atoms with Gasteiger partial charge in [0.05, 0.1) is 10.7 Å². The topological polar surface area (TPSA) is 59.0 Å². The molecule has 1 aliphatic heterocycles. The van der Waals surface area contributed by atoms with Gasteiger partial charge < -0.3 is 10.6 Å². The molecule has 2 N–H and O–H groups in total. The van der Waals surface area contributed by atoms with E-state index in [1.165, 1.54) is 0 Å². The van der Waals surface area contributed by atoms with Crippen LogP contribution < -0.4 is 10.6 Å². The molecular weight excluding hydrogens is 371 g/mol. The zero-order valence-electron chi connectivity index (χ0n) is 14.7. The Morgan fingerprint density at radius 1 is 1.35 bits per heavy atom. The van der Waals surface area contributed by atoms with E-state index in [9.17, 15) is 4.79 Å². The van der Waals surface area contributed by atoms with Crippen molar-refractivity contribution in [3.8, 4) is 5.69 Å². The van der Waals surface area contributed by atoms with E-state index < -0.39 is 0 Å². The molecular formula is C19H22Cl2N4O. The number of carbonyl (C=O) groups is 1. The summed E-state index contributed by atoms with van der Waals surface area (Å²) in [6.07, 6.45) is 4.70. The smallest absolute Gasteiger partial charge is 0.272 e. The van der Waals surface area contributed by atoms with Gasteiger partial charge in [0.15, 0.2) is 5.69 Å². The molecule has 0 bridgehead atoms. The fourth-order valence-electron chi connectivity index (χ4n) is 3.99. The molecule has 1 aliphatic carbocycles. The second-order valence-electron chi connectivity index (χ2n) is 7.18. The Balaban J connectivity index is 1.64. The largest absolute Gasteiger partial charge is 0.348 e. The third kappa shape index (κ3) is 3.36. The average molecular weight is 393 g/mol. The molecule has 138 valence electrons. The maximum Gasteiger partial charge on any atom is 0.272 e. The molecule has 26 heavy (non-hydrogen) atoms. The minimum absolute atomic E-state index is 0.0777. The number of fused-ring (bicyclic) bond motifs is 1. The lowest BCUT2D eigenvalue weighted by Crippen LogP contribution is -2.46. The van der Waals surface area contributed by atoms with Gasteiger partial charge in [0.2, 0.25) is 0 Å². The Kier molecular flexibility index (Phi) is 4.95. The number of benzene rings is 1. The summed E-state index contributed by atoms with van der Waals surface area (Å²) in [6, 6.07) is 5.97. The van der Waals surface area contributed by atoms with Crippen LogP contribution in [0.4, 0.5) is 0 Å². The zero-order chi connectivity index (χ0) is 18.3. The molecule has 0 spiro atoms. The summed E-state index contributed by atoms with van der Waals surface area (Å²) in [4.78, 5) is 12.9. The van der Waals surface area contributed by atoms with E-state index in [1.54, 1.807) is 12.1 Å². The molecule has 1 amide bonds. The normalized spacial score (nSPS) is 22.3. The van der Waals surface area contributed by atoms with Gasteiger partial charge in [-0.15, -0.1) is 0 Å². The maximum absolute atomic E-state index is 12.9. The van der Waals surface area contributed by atoms with Crippen LogP contribution in [0.1, 0.15) is 47.9 Å². The van der Waals surface area contributed by atoms with Gasteiger partial charge >= 0.3 is 0 Å². The summed E-state index contributed by atoms with van der Waals surface area (Å²) in [7, 11) is 0. The lowest BCUT2D eigenvalue weighted by atomic mass is 10.0. The standard InChI is InChI=1S/C19H22Cl2N4O/c1-11-9-13(7-8-22-11)23-19(26)18-14-3-2-4-16(14)25(24-18)17-6-5-12(20)10-15(17)21/h5-6,10-11,13,22H,2-4,7-9H2,1H3,(H,23,26). The van der Waals surface area contributed by atoms with Crippen LogP contribution in [0.15, 0.2) is 18.2 Å². The van der Waals surface area contributed by atoms with E-state index in [-0.39, 0.29) is 11.9 Å². The van der Waals surface area contributed by atoms with Gasteiger partial charge in [0.1, 0.15) is 0 Å². The Hall–Kier alpha value is -1.56. The Labute approximate surface area is 163 Å². The van der Waals surface area contributed by atoms with Gasteiger partial charge in [-0.1, -0.05) is 23.2 Å². The molecule has 2 aliphatic rings. The van der Waals surface area contributed by atoms with E-state index in [2.05, 4.69) is 22.7 Å². The maximum atomic E-state index is 12.9. The van der Waals surface area contributed by atoms with Crippen molar-refractivity contribution in [2.24, 2.45) is 0 Å². The van der Waals surface area contributed by atoms with Crippen LogP contribution in [0.25, 0.3) is 5.69 Å². The first-order valence-corrected chi connectivity index (χ1v) is 9.89. The highest BCUT2D eigenvalue weighted by Gasteiger charge is 2.29. The molecule has 1 fully saturated rings. The van der Waals surface area contributed by atoms with Crippen molar-refractivity contribution in [2.75, 3.05) is 6.54 Å². The molecule has 7 heteroatoms. The van der Waals surface area contributed by atoms with Crippen LogP contribution in [0.5, 0.6) is 0 Å². The van der Waals surface area contributed by atoms with Crippen molar-refractivity contribution in [1.82, 2.24) is 20.4 Å². The number of hydrogen-bond acceptors (Lipinski definition) is 3. The van der Waals surface area contributed by atoms with Crippen LogP contribution >= 0.6 is 23.2 Å². The van der Waals surface area contributed by atoms with E-state index in [0.29, 0.717) is 21.8 Å². The molecule has 1 saturated heterocycles. The number of nitrogens with zero attached hydrogens (tertiary/aromatic N) is 2. The summed E-state index contributed by atoms with van der Waals surface area (Å²) in [5.74, 6) is -0.0777. The molecule has 2 atom stereocenters.